The highest BCUT2D eigenvalue weighted by molar-refractivity contribution is 5.96. The predicted octanol–water partition coefficient (Wildman–Crippen LogP) is 0.585. The minimum Gasteiger partial charge on any atom is -0.465 e. The van der Waals surface area contributed by atoms with Gasteiger partial charge in [-0.15, -0.1) is 0 Å². The largest absolute Gasteiger partial charge is 0.465 e. The number of rotatable bonds is 5. The number of methoxy groups -OCH3 is 1. The van der Waals surface area contributed by atoms with E-state index in [9.17, 15) is 9.59 Å². The van der Waals surface area contributed by atoms with Crippen molar-refractivity contribution in [2.75, 3.05) is 20.3 Å². The van der Waals surface area contributed by atoms with Gasteiger partial charge in [-0.2, -0.15) is 0 Å². The van der Waals surface area contributed by atoms with E-state index in [4.69, 9.17) is 5.11 Å². The molecular weight excluding hydrogens is 222 g/mol. The summed E-state index contributed by atoms with van der Waals surface area (Å²) in [7, 11) is 1.30. The third kappa shape index (κ3) is 3.88. The first-order valence-corrected chi connectivity index (χ1v) is 5.26. The molecule has 2 N–H and O–H groups in total. The number of carbonyl (C=O) groups is 2. The van der Waals surface area contributed by atoms with Crippen LogP contribution in [0.25, 0.3) is 0 Å². The van der Waals surface area contributed by atoms with Crippen molar-refractivity contribution >= 4 is 11.9 Å². The monoisotopic (exact) mass is 237 g/mol. The molecule has 0 fully saturated rings. The van der Waals surface area contributed by atoms with Gasteiger partial charge in [0.25, 0.3) is 5.91 Å². The second-order valence-corrected chi connectivity index (χ2v) is 3.40. The molecule has 0 bridgehead atoms. The van der Waals surface area contributed by atoms with Crippen LogP contribution in [0.3, 0.4) is 0 Å². The van der Waals surface area contributed by atoms with Gasteiger partial charge in [0, 0.05) is 18.7 Å². The van der Waals surface area contributed by atoms with Crippen molar-refractivity contribution in [3.05, 3.63) is 35.4 Å². The van der Waals surface area contributed by atoms with Crippen LogP contribution in [0.2, 0.25) is 0 Å². The summed E-state index contributed by atoms with van der Waals surface area (Å²) in [5.74, 6) is -0.660. The van der Waals surface area contributed by atoms with Gasteiger partial charge in [0.05, 0.1) is 12.7 Å². The molecule has 0 atom stereocenters. The Bertz CT molecular complexity index is 386. The third-order valence-corrected chi connectivity index (χ3v) is 2.19. The van der Waals surface area contributed by atoms with Crippen LogP contribution in [-0.2, 0) is 4.74 Å². The Morgan fingerprint density at radius 2 is 1.82 bits per heavy atom. The van der Waals surface area contributed by atoms with Crippen LogP contribution in [-0.4, -0.2) is 37.2 Å². The van der Waals surface area contributed by atoms with E-state index in [0.717, 1.165) is 0 Å². The number of aliphatic hydroxyl groups is 1. The Morgan fingerprint density at radius 3 is 2.35 bits per heavy atom. The number of nitrogens with one attached hydrogen (secondary N) is 1. The minimum absolute atomic E-state index is 0.0432. The van der Waals surface area contributed by atoms with Gasteiger partial charge in [0.1, 0.15) is 0 Å². The zero-order chi connectivity index (χ0) is 12.7. The van der Waals surface area contributed by atoms with Gasteiger partial charge in [0.15, 0.2) is 0 Å². The maximum atomic E-state index is 11.6. The zero-order valence-corrected chi connectivity index (χ0v) is 9.60. The average molecular weight is 237 g/mol. The number of amides is 1. The van der Waals surface area contributed by atoms with Crippen LogP contribution in [0, 0.1) is 0 Å². The Hall–Kier alpha value is -1.88. The van der Waals surface area contributed by atoms with Crippen LogP contribution in [0.15, 0.2) is 24.3 Å². The van der Waals surface area contributed by atoms with Crippen molar-refractivity contribution in [3.8, 4) is 0 Å². The molecule has 1 amide bonds. The van der Waals surface area contributed by atoms with Crippen molar-refractivity contribution < 1.29 is 19.4 Å². The Morgan fingerprint density at radius 1 is 1.24 bits per heavy atom. The van der Waals surface area contributed by atoms with E-state index in [-0.39, 0.29) is 12.5 Å². The molecule has 0 aliphatic carbocycles. The topological polar surface area (TPSA) is 75.6 Å². The van der Waals surface area contributed by atoms with Crippen LogP contribution in [0.1, 0.15) is 27.1 Å². The van der Waals surface area contributed by atoms with E-state index >= 15 is 0 Å². The van der Waals surface area contributed by atoms with Gasteiger partial charge in [0.2, 0.25) is 0 Å². The molecule has 1 aromatic carbocycles. The summed E-state index contributed by atoms with van der Waals surface area (Å²) in [5.41, 5.74) is 0.870. The molecule has 92 valence electrons. The van der Waals surface area contributed by atoms with Gasteiger partial charge in [-0.05, 0) is 30.7 Å². The Balaban J connectivity index is 2.61. The first-order valence-electron chi connectivity index (χ1n) is 5.26. The molecule has 0 unspecified atom stereocenters. The van der Waals surface area contributed by atoms with Gasteiger partial charge in [-0.25, -0.2) is 4.79 Å². The molecule has 0 aromatic heterocycles. The summed E-state index contributed by atoms with van der Waals surface area (Å²) in [6.45, 7) is 0.468. The Kier molecular flexibility index (Phi) is 5.16. The fraction of sp³-hybridized carbons (Fsp3) is 0.333. The molecule has 0 radical (unpaired) electrons. The highest BCUT2D eigenvalue weighted by Gasteiger charge is 2.08. The lowest BCUT2D eigenvalue weighted by Crippen LogP contribution is -2.25. The van der Waals surface area contributed by atoms with E-state index in [2.05, 4.69) is 10.1 Å². The molecule has 1 aromatic rings. The van der Waals surface area contributed by atoms with E-state index in [1.165, 1.54) is 19.2 Å². The van der Waals surface area contributed by atoms with Gasteiger partial charge in [-0.1, -0.05) is 0 Å². The van der Waals surface area contributed by atoms with Crippen molar-refractivity contribution in [3.63, 3.8) is 0 Å². The van der Waals surface area contributed by atoms with Crippen LogP contribution in [0.4, 0.5) is 0 Å². The molecule has 1 rings (SSSR count). The molecule has 0 saturated heterocycles. The van der Waals surface area contributed by atoms with E-state index in [1.807, 2.05) is 0 Å². The number of hydrogen-bond donors (Lipinski definition) is 2. The van der Waals surface area contributed by atoms with Crippen molar-refractivity contribution in [2.45, 2.75) is 6.42 Å². The van der Waals surface area contributed by atoms with E-state index < -0.39 is 5.97 Å². The average Bonchev–Trinajstić information content (AvgIpc) is 2.38. The number of hydrogen-bond acceptors (Lipinski definition) is 4. The van der Waals surface area contributed by atoms with E-state index in [1.54, 1.807) is 12.1 Å². The lowest BCUT2D eigenvalue weighted by molar-refractivity contribution is 0.0600. The molecule has 0 spiro atoms. The summed E-state index contributed by atoms with van der Waals surface area (Å²) in [5, 5.41) is 11.2. The van der Waals surface area contributed by atoms with Gasteiger partial charge < -0.3 is 15.2 Å². The quantitative estimate of drug-likeness (QED) is 0.580. The van der Waals surface area contributed by atoms with Crippen LogP contribution in [0.5, 0.6) is 0 Å². The highest BCUT2D eigenvalue weighted by atomic mass is 16.5. The maximum absolute atomic E-state index is 11.6. The molecule has 0 aliphatic rings. The summed E-state index contributed by atoms with van der Waals surface area (Å²) >= 11 is 0. The normalized spacial score (nSPS) is 9.76. The summed E-state index contributed by atoms with van der Waals surface area (Å²) in [6.07, 6.45) is 0.520. The van der Waals surface area contributed by atoms with E-state index in [0.29, 0.717) is 24.1 Å². The first kappa shape index (κ1) is 13.2. The first-order chi connectivity index (χ1) is 8.19. The fourth-order valence-electron chi connectivity index (χ4n) is 1.26. The highest BCUT2D eigenvalue weighted by Crippen LogP contribution is 2.05. The fourth-order valence-corrected chi connectivity index (χ4v) is 1.26. The van der Waals surface area contributed by atoms with Gasteiger partial charge in [-0.3, -0.25) is 4.79 Å². The lowest BCUT2D eigenvalue weighted by Gasteiger charge is -2.04. The molecule has 0 saturated carbocycles. The van der Waals surface area contributed by atoms with Crippen molar-refractivity contribution in [1.29, 1.82) is 0 Å². The van der Waals surface area contributed by atoms with Crippen molar-refractivity contribution in [2.24, 2.45) is 0 Å². The molecule has 0 heterocycles. The summed E-state index contributed by atoms with van der Waals surface area (Å²) in [6, 6.07) is 6.18. The number of benzene rings is 1. The number of carbonyl (C=O) groups excluding carboxylic acids is 2. The SMILES string of the molecule is COC(=O)c1ccc(C(=O)NCCCO)cc1. The second-order valence-electron chi connectivity index (χ2n) is 3.40. The predicted molar refractivity (Wildman–Crippen MR) is 61.8 cm³/mol. The number of aliphatic hydroxyl groups excluding tert-OH is 1. The Labute approximate surface area is 99.4 Å². The summed E-state index contributed by atoms with van der Waals surface area (Å²) < 4.78 is 4.55. The maximum Gasteiger partial charge on any atom is 0.337 e. The van der Waals surface area contributed by atoms with Gasteiger partial charge >= 0.3 is 5.97 Å². The molecule has 5 heteroatoms. The molecule has 0 aliphatic heterocycles. The zero-order valence-electron chi connectivity index (χ0n) is 9.60. The summed E-state index contributed by atoms with van der Waals surface area (Å²) in [4.78, 5) is 22.7. The number of ether oxygens (including phenoxy) is 1. The second kappa shape index (κ2) is 6.65. The molecular formula is C12H15NO4. The smallest absolute Gasteiger partial charge is 0.337 e. The van der Waals surface area contributed by atoms with Crippen LogP contribution < -0.4 is 5.32 Å². The molecule has 5 nitrogen and oxygen atoms in total. The minimum atomic E-state index is -0.433. The van der Waals surface area contributed by atoms with Crippen LogP contribution >= 0.6 is 0 Å². The standard InChI is InChI=1S/C12H15NO4/c1-17-12(16)10-5-3-9(4-6-10)11(15)13-7-2-8-14/h3-6,14H,2,7-8H2,1H3,(H,13,15). The lowest BCUT2D eigenvalue weighted by atomic mass is 10.1. The van der Waals surface area contributed by atoms with Crippen molar-refractivity contribution in [1.82, 2.24) is 5.32 Å². The molecule has 17 heavy (non-hydrogen) atoms. The third-order valence-electron chi connectivity index (χ3n) is 2.19. The number of esters is 1.